The molecule has 0 aliphatic carbocycles. The monoisotopic (exact) mass is 221 g/mol. The predicted molar refractivity (Wildman–Crippen MR) is 65.1 cm³/mol. The maximum absolute atomic E-state index is 5.81. The van der Waals surface area contributed by atoms with Gasteiger partial charge in [0.1, 0.15) is 5.82 Å². The van der Waals surface area contributed by atoms with Crippen molar-refractivity contribution in [2.45, 2.75) is 26.7 Å². The van der Waals surface area contributed by atoms with Crippen LogP contribution in [-0.2, 0) is 12.8 Å². The van der Waals surface area contributed by atoms with Crippen LogP contribution < -0.4 is 5.73 Å². The van der Waals surface area contributed by atoms with Crippen LogP contribution in [0.3, 0.4) is 0 Å². The van der Waals surface area contributed by atoms with E-state index in [0.717, 1.165) is 24.1 Å². The first kappa shape index (κ1) is 10.2. The summed E-state index contributed by atoms with van der Waals surface area (Å²) >= 11 is 1.74. The highest BCUT2D eigenvalue weighted by molar-refractivity contribution is 7.13. The van der Waals surface area contributed by atoms with Gasteiger partial charge in [-0.3, -0.25) is 5.10 Å². The van der Waals surface area contributed by atoms with Crippen molar-refractivity contribution in [2.24, 2.45) is 0 Å². The van der Waals surface area contributed by atoms with Crippen molar-refractivity contribution in [1.29, 1.82) is 0 Å². The maximum atomic E-state index is 5.81. The quantitative estimate of drug-likeness (QED) is 0.837. The van der Waals surface area contributed by atoms with Crippen molar-refractivity contribution in [2.75, 3.05) is 5.73 Å². The Hall–Kier alpha value is -1.29. The molecule has 3 N–H and O–H groups in total. The van der Waals surface area contributed by atoms with Crippen LogP contribution in [-0.4, -0.2) is 10.2 Å². The molecule has 15 heavy (non-hydrogen) atoms. The molecule has 2 rings (SSSR count). The van der Waals surface area contributed by atoms with Gasteiger partial charge in [-0.1, -0.05) is 13.8 Å². The average molecular weight is 221 g/mol. The number of thiophene rings is 1. The Kier molecular flexibility index (Phi) is 2.77. The van der Waals surface area contributed by atoms with Gasteiger partial charge in [0.2, 0.25) is 0 Å². The fourth-order valence-electron chi connectivity index (χ4n) is 1.76. The molecule has 0 radical (unpaired) electrons. The van der Waals surface area contributed by atoms with Crippen molar-refractivity contribution in [3.63, 3.8) is 0 Å². The summed E-state index contributed by atoms with van der Waals surface area (Å²) in [5.41, 5.74) is 9.40. The number of hydrogen-bond donors (Lipinski definition) is 2. The number of nitrogens with zero attached hydrogens (tertiary/aromatic N) is 1. The zero-order valence-corrected chi connectivity index (χ0v) is 9.82. The molecule has 0 saturated heterocycles. The highest BCUT2D eigenvalue weighted by atomic mass is 32.1. The molecule has 0 amide bonds. The standard InChI is InChI=1S/C11H15N3S/c1-3-7-5-6-15-10(7)9-8(4-2)11(12)14-13-9/h5-6H,3-4H2,1-2H3,(H3,12,13,14). The van der Waals surface area contributed by atoms with Crippen molar-refractivity contribution < 1.29 is 0 Å². The zero-order valence-electron chi connectivity index (χ0n) is 9.00. The summed E-state index contributed by atoms with van der Waals surface area (Å²) in [4.78, 5) is 1.28. The van der Waals surface area contributed by atoms with E-state index in [1.54, 1.807) is 11.3 Å². The van der Waals surface area contributed by atoms with Gasteiger partial charge >= 0.3 is 0 Å². The van der Waals surface area contributed by atoms with Crippen LogP contribution in [0.25, 0.3) is 10.6 Å². The molecule has 0 fully saturated rings. The second-order valence-corrected chi connectivity index (χ2v) is 4.36. The van der Waals surface area contributed by atoms with E-state index < -0.39 is 0 Å². The molecule has 0 unspecified atom stereocenters. The minimum atomic E-state index is 0.628. The van der Waals surface area contributed by atoms with Crippen molar-refractivity contribution in [1.82, 2.24) is 10.2 Å². The molecule has 2 aromatic heterocycles. The Morgan fingerprint density at radius 2 is 2.20 bits per heavy atom. The number of nitrogens with two attached hydrogens (primary N) is 1. The van der Waals surface area contributed by atoms with E-state index in [1.807, 2.05) is 0 Å². The minimum Gasteiger partial charge on any atom is -0.382 e. The Bertz CT molecular complexity index is 456. The van der Waals surface area contributed by atoms with E-state index in [2.05, 4.69) is 35.5 Å². The van der Waals surface area contributed by atoms with Crippen LogP contribution in [0, 0.1) is 0 Å². The number of anilines is 1. The summed E-state index contributed by atoms with van der Waals surface area (Å²) in [5.74, 6) is 0.628. The fourth-order valence-corrected chi connectivity index (χ4v) is 2.78. The minimum absolute atomic E-state index is 0.628. The van der Waals surface area contributed by atoms with Gasteiger partial charge in [0, 0.05) is 5.56 Å². The first-order valence-electron chi connectivity index (χ1n) is 5.17. The number of hydrogen-bond acceptors (Lipinski definition) is 3. The van der Waals surface area contributed by atoms with Crippen LogP contribution in [0.4, 0.5) is 5.82 Å². The largest absolute Gasteiger partial charge is 0.382 e. The van der Waals surface area contributed by atoms with Crippen molar-refractivity contribution >= 4 is 17.2 Å². The van der Waals surface area contributed by atoms with Crippen LogP contribution in [0.2, 0.25) is 0 Å². The molecule has 0 saturated carbocycles. The lowest BCUT2D eigenvalue weighted by Crippen LogP contribution is -1.91. The van der Waals surface area contributed by atoms with Crippen LogP contribution in [0.5, 0.6) is 0 Å². The van der Waals surface area contributed by atoms with Gasteiger partial charge in [0.05, 0.1) is 10.6 Å². The third kappa shape index (κ3) is 1.65. The van der Waals surface area contributed by atoms with E-state index in [9.17, 15) is 0 Å². The molecular weight excluding hydrogens is 206 g/mol. The predicted octanol–water partition coefficient (Wildman–Crippen LogP) is 2.85. The van der Waals surface area contributed by atoms with Gasteiger partial charge in [0.15, 0.2) is 0 Å². The van der Waals surface area contributed by atoms with Crippen LogP contribution in [0.1, 0.15) is 25.0 Å². The summed E-state index contributed by atoms with van der Waals surface area (Å²) in [6.45, 7) is 4.26. The SMILES string of the molecule is CCc1ccsc1-c1[nH]nc(N)c1CC. The molecule has 3 nitrogen and oxygen atoms in total. The second-order valence-electron chi connectivity index (χ2n) is 3.44. The fraction of sp³-hybridized carbons (Fsp3) is 0.364. The van der Waals surface area contributed by atoms with Crippen LogP contribution in [0.15, 0.2) is 11.4 Å². The molecule has 0 aromatic carbocycles. The average Bonchev–Trinajstić information content (AvgIpc) is 2.82. The normalized spacial score (nSPS) is 10.8. The topological polar surface area (TPSA) is 54.7 Å². The van der Waals surface area contributed by atoms with Crippen molar-refractivity contribution in [3.05, 3.63) is 22.6 Å². The van der Waals surface area contributed by atoms with E-state index in [-0.39, 0.29) is 0 Å². The van der Waals surface area contributed by atoms with Gasteiger partial charge < -0.3 is 5.73 Å². The Morgan fingerprint density at radius 1 is 1.40 bits per heavy atom. The number of H-pyrrole nitrogens is 1. The first-order chi connectivity index (χ1) is 7.27. The highest BCUT2D eigenvalue weighted by Crippen LogP contribution is 2.33. The molecule has 4 heteroatoms. The third-order valence-corrected chi connectivity index (χ3v) is 3.58. The zero-order chi connectivity index (χ0) is 10.8. The summed E-state index contributed by atoms with van der Waals surface area (Å²) in [7, 11) is 0. The molecule has 0 aliphatic heterocycles. The molecule has 2 heterocycles. The van der Waals surface area contributed by atoms with E-state index in [0.29, 0.717) is 5.82 Å². The molecule has 80 valence electrons. The smallest absolute Gasteiger partial charge is 0.149 e. The summed E-state index contributed by atoms with van der Waals surface area (Å²) in [6.07, 6.45) is 1.96. The van der Waals surface area contributed by atoms with Crippen molar-refractivity contribution in [3.8, 4) is 10.6 Å². The maximum Gasteiger partial charge on any atom is 0.149 e. The number of rotatable bonds is 3. The summed E-state index contributed by atoms with van der Waals surface area (Å²) < 4.78 is 0. The van der Waals surface area contributed by atoms with E-state index in [4.69, 9.17) is 5.73 Å². The Balaban J connectivity index is 2.53. The van der Waals surface area contributed by atoms with Gasteiger partial charge in [-0.15, -0.1) is 11.3 Å². The number of aromatic nitrogens is 2. The number of aromatic amines is 1. The first-order valence-corrected chi connectivity index (χ1v) is 6.05. The number of nitrogen functional groups attached to an aromatic ring is 1. The van der Waals surface area contributed by atoms with E-state index >= 15 is 0 Å². The Morgan fingerprint density at radius 3 is 2.87 bits per heavy atom. The highest BCUT2D eigenvalue weighted by Gasteiger charge is 2.14. The van der Waals surface area contributed by atoms with Gasteiger partial charge in [-0.2, -0.15) is 5.10 Å². The molecule has 2 aromatic rings. The Labute approximate surface area is 93.3 Å². The number of nitrogens with one attached hydrogen (secondary N) is 1. The van der Waals surface area contributed by atoms with Crippen LogP contribution >= 0.6 is 11.3 Å². The van der Waals surface area contributed by atoms with Gasteiger partial charge in [0.25, 0.3) is 0 Å². The summed E-state index contributed by atoms with van der Waals surface area (Å²) in [6, 6.07) is 2.16. The lowest BCUT2D eigenvalue weighted by molar-refractivity contribution is 1.09. The lowest BCUT2D eigenvalue weighted by Gasteiger charge is -2.01. The molecule has 0 atom stereocenters. The lowest BCUT2D eigenvalue weighted by atomic mass is 10.1. The number of aryl methyl sites for hydroxylation is 1. The molecular formula is C11H15N3S. The van der Waals surface area contributed by atoms with Gasteiger partial charge in [-0.25, -0.2) is 0 Å². The summed E-state index contributed by atoms with van der Waals surface area (Å²) in [5, 5.41) is 9.23. The molecule has 0 spiro atoms. The molecule has 0 bridgehead atoms. The molecule has 0 aliphatic rings. The third-order valence-electron chi connectivity index (χ3n) is 2.61. The van der Waals surface area contributed by atoms with Gasteiger partial charge in [-0.05, 0) is 29.9 Å². The second kappa shape index (κ2) is 4.06. The van der Waals surface area contributed by atoms with E-state index in [1.165, 1.54) is 10.4 Å².